The van der Waals surface area contributed by atoms with E-state index in [2.05, 4.69) is 10.3 Å². The van der Waals surface area contributed by atoms with E-state index in [9.17, 15) is 9.59 Å². The van der Waals surface area contributed by atoms with E-state index >= 15 is 0 Å². The smallest absolute Gasteiger partial charge is 0.274 e. The van der Waals surface area contributed by atoms with E-state index in [0.29, 0.717) is 36.1 Å². The van der Waals surface area contributed by atoms with Gasteiger partial charge in [-0.1, -0.05) is 60.1 Å². The molecule has 3 aromatic rings. The lowest BCUT2D eigenvalue weighted by Crippen LogP contribution is -2.42. The number of nitrogens with zero attached hydrogens (tertiary/aromatic N) is 2. The van der Waals surface area contributed by atoms with Crippen molar-refractivity contribution in [3.63, 3.8) is 0 Å². The number of halogens is 1. The molecular formula is C24H22ClN3O3. The summed E-state index contributed by atoms with van der Waals surface area (Å²) in [5.41, 5.74) is 1.65. The summed E-state index contributed by atoms with van der Waals surface area (Å²) in [6, 6.07) is 20.3. The number of carbonyl (C=O) groups excluding carboxylic acids is 2. The van der Waals surface area contributed by atoms with Gasteiger partial charge in [-0.05, 0) is 30.2 Å². The summed E-state index contributed by atoms with van der Waals surface area (Å²) in [6.45, 7) is 0.741. The van der Waals surface area contributed by atoms with Crippen molar-refractivity contribution in [1.82, 2.24) is 10.3 Å². The monoisotopic (exact) mass is 435 g/mol. The zero-order valence-corrected chi connectivity index (χ0v) is 17.6. The van der Waals surface area contributed by atoms with E-state index in [-0.39, 0.29) is 18.2 Å². The molecule has 0 saturated carbocycles. The third-order valence-corrected chi connectivity index (χ3v) is 5.43. The van der Waals surface area contributed by atoms with Gasteiger partial charge in [-0.25, -0.2) is 4.98 Å². The van der Waals surface area contributed by atoms with Crippen LogP contribution >= 0.6 is 11.6 Å². The molecule has 1 atom stereocenters. The highest BCUT2D eigenvalue weighted by molar-refractivity contribution is 6.31. The van der Waals surface area contributed by atoms with Crippen molar-refractivity contribution in [2.75, 3.05) is 11.4 Å². The number of anilines is 1. The average molecular weight is 436 g/mol. The van der Waals surface area contributed by atoms with Crippen LogP contribution in [0.5, 0.6) is 5.75 Å². The molecular weight excluding hydrogens is 414 g/mol. The Morgan fingerprint density at radius 3 is 2.65 bits per heavy atom. The van der Waals surface area contributed by atoms with Crippen molar-refractivity contribution in [3.05, 3.63) is 89.1 Å². The Morgan fingerprint density at radius 1 is 1.06 bits per heavy atom. The van der Waals surface area contributed by atoms with Gasteiger partial charge in [-0.2, -0.15) is 0 Å². The number of amides is 2. The lowest BCUT2D eigenvalue weighted by Gasteiger charge is -2.33. The Bertz CT molecular complexity index is 1070. The minimum absolute atomic E-state index is 0.0959. The number of benzene rings is 2. The zero-order valence-electron chi connectivity index (χ0n) is 16.8. The number of carbonyl (C=O) groups is 2. The van der Waals surface area contributed by atoms with Crippen molar-refractivity contribution < 1.29 is 14.3 Å². The third kappa shape index (κ3) is 4.86. The maximum atomic E-state index is 13.2. The number of pyridine rings is 1. The summed E-state index contributed by atoms with van der Waals surface area (Å²) in [5.74, 6) is 0.755. The molecule has 0 bridgehead atoms. The molecule has 0 aliphatic carbocycles. The van der Waals surface area contributed by atoms with E-state index in [0.717, 1.165) is 11.1 Å². The number of ether oxygens (including phenoxy) is 1. The lowest BCUT2D eigenvalue weighted by molar-refractivity contribution is -0.127. The van der Waals surface area contributed by atoms with Crippen LogP contribution in [0.15, 0.2) is 72.9 Å². The van der Waals surface area contributed by atoms with Gasteiger partial charge in [0, 0.05) is 36.3 Å². The predicted molar refractivity (Wildman–Crippen MR) is 119 cm³/mol. The van der Waals surface area contributed by atoms with E-state index in [1.54, 1.807) is 29.3 Å². The number of hydrogen-bond acceptors (Lipinski definition) is 4. The normalized spacial score (nSPS) is 15.2. The molecule has 1 N–H and O–H groups in total. The Hall–Kier alpha value is -3.38. The van der Waals surface area contributed by atoms with Crippen molar-refractivity contribution in [2.45, 2.75) is 25.5 Å². The zero-order chi connectivity index (χ0) is 21.6. The first kappa shape index (κ1) is 20.9. The van der Waals surface area contributed by atoms with Crippen LogP contribution in [-0.4, -0.2) is 23.3 Å². The van der Waals surface area contributed by atoms with Crippen molar-refractivity contribution in [2.24, 2.45) is 0 Å². The highest BCUT2D eigenvalue weighted by Gasteiger charge is 2.36. The van der Waals surface area contributed by atoms with Gasteiger partial charge >= 0.3 is 0 Å². The van der Waals surface area contributed by atoms with Crippen molar-refractivity contribution in [1.29, 1.82) is 0 Å². The molecule has 0 unspecified atom stereocenters. The van der Waals surface area contributed by atoms with E-state index < -0.39 is 6.10 Å². The molecule has 1 aromatic heterocycles. The summed E-state index contributed by atoms with van der Waals surface area (Å²) in [4.78, 5) is 31.4. The number of aromatic nitrogens is 1. The fourth-order valence-corrected chi connectivity index (χ4v) is 3.68. The number of nitrogens with one attached hydrogen (secondary N) is 1. The maximum absolute atomic E-state index is 13.2. The Balaban J connectivity index is 1.39. The van der Waals surface area contributed by atoms with Gasteiger partial charge in [0.25, 0.3) is 5.91 Å². The largest absolute Gasteiger partial charge is 0.472 e. The van der Waals surface area contributed by atoms with Crippen molar-refractivity contribution >= 4 is 29.2 Å². The third-order valence-electron chi connectivity index (χ3n) is 5.06. The van der Waals surface area contributed by atoms with Gasteiger partial charge < -0.3 is 10.1 Å². The Labute approximate surface area is 185 Å². The maximum Gasteiger partial charge on any atom is 0.274 e. The molecule has 4 rings (SSSR count). The van der Waals surface area contributed by atoms with Gasteiger partial charge in [0.1, 0.15) is 0 Å². The molecule has 158 valence electrons. The minimum Gasteiger partial charge on any atom is -0.472 e. The SMILES string of the molecule is O=C(CCCN1C(=O)[C@@H](c2ccccc2)Oc2cccnc21)NCc1ccccc1Cl. The van der Waals surface area contributed by atoms with Gasteiger partial charge in [-0.3, -0.25) is 14.5 Å². The molecule has 2 amide bonds. The fourth-order valence-electron chi connectivity index (χ4n) is 3.48. The molecule has 1 aliphatic rings. The van der Waals surface area contributed by atoms with Crippen molar-refractivity contribution in [3.8, 4) is 5.75 Å². The fraction of sp³-hybridized carbons (Fsp3) is 0.208. The highest BCUT2D eigenvalue weighted by atomic mass is 35.5. The summed E-state index contributed by atoms with van der Waals surface area (Å²) in [6.07, 6.45) is 1.68. The molecule has 6 nitrogen and oxygen atoms in total. The first-order valence-electron chi connectivity index (χ1n) is 10.1. The molecule has 2 heterocycles. The molecule has 7 heteroatoms. The first-order chi connectivity index (χ1) is 15.1. The number of hydrogen-bond donors (Lipinski definition) is 1. The van der Waals surface area contributed by atoms with E-state index in [1.165, 1.54) is 0 Å². The molecule has 0 saturated heterocycles. The van der Waals surface area contributed by atoms with Crippen LogP contribution in [0.25, 0.3) is 0 Å². The second kappa shape index (κ2) is 9.62. The predicted octanol–water partition coefficient (Wildman–Crippen LogP) is 4.30. The lowest BCUT2D eigenvalue weighted by atomic mass is 10.1. The van der Waals surface area contributed by atoms with Crippen LogP contribution in [0.1, 0.15) is 30.1 Å². The number of fused-ring (bicyclic) bond motifs is 1. The molecule has 0 spiro atoms. The Kier molecular flexibility index (Phi) is 6.48. The van der Waals surface area contributed by atoms with Gasteiger partial charge in [0.05, 0.1) is 0 Å². The van der Waals surface area contributed by atoms with Crippen LogP contribution in [0, 0.1) is 0 Å². The molecule has 0 radical (unpaired) electrons. The molecule has 31 heavy (non-hydrogen) atoms. The van der Waals surface area contributed by atoms with Crippen LogP contribution in [-0.2, 0) is 16.1 Å². The topological polar surface area (TPSA) is 71.5 Å². The van der Waals surface area contributed by atoms with Crippen LogP contribution < -0.4 is 15.0 Å². The molecule has 1 aliphatic heterocycles. The van der Waals surface area contributed by atoms with E-state index in [4.69, 9.17) is 16.3 Å². The minimum atomic E-state index is -0.730. The summed E-state index contributed by atoms with van der Waals surface area (Å²) < 4.78 is 5.94. The molecule has 2 aromatic carbocycles. The van der Waals surface area contributed by atoms with Crippen LogP contribution in [0.3, 0.4) is 0 Å². The summed E-state index contributed by atoms with van der Waals surface area (Å²) >= 11 is 6.13. The van der Waals surface area contributed by atoms with Crippen LogP contribution in [0.4, 0.5) is 5.82 Å². The van der Waals surface area contributed by atoms with Gasteiger partial charge in [-0.15, -0.1) is 0 Å². The summed E-state index contributed by atoms with van der Waals surface area (Å²) in [7, 11) is 0. The first-order valence-corrected chi connectivity index (χ1v) is 10.5. The van der Waals surface area contributed by atoms with Crippen LogP contribution in [0.2, 0.25) is 5.02 Å². The van der Waals surface area contributed by atoms with E-state index in [1.807, 2.05) is 48.5 Å². The summed E-state index contributed by atoms with van der Waals surface area (Å²) in [5, 5.41) is 3.50. The number of rotatable bonds is 7. The van der Waals surface area contributed by atoms with Gasteiger partial charge in [0.15, 0.2) is 11.6 Å². The average Bonchev–Trinajstić information content (AvgIpc) is 2.80. The second-order valence-electron chi connectivity index (χ2n) is 7.20. The standard InChI is InChI=1S/C24H22ClN3O3/c25-19-11-5-4-10-18(19)16-27-21(29)13-7-15-28-23-20(12-6-14-26-23)31-22(24(28)30)17-8-2-1-3-9-17/h1-6,8-12,14,22H,7,13,15-16H2,(H,27,29)/t22-/m1/s1. The highest BCUT2D eigenvalue weighted by Crippen LogP contribution is 2.37. The van der Waals surface area contributed by atoms with Gasteiger partial charge in [0.2, 0.25) is 12.0 Å². The second-order valence-corrected chi connectivity index (χ2v) is 7.60. The quantitative estimate of drug-likeness (QED) is 0.600. The molecule has 0 fully saturated rings. The Morgan fingerprint density at radius 2 is 1.84 bits per heavy atom.